The molecule has 4 nitrogen and oxygen atoms in total. The van der Waals surface area contributed by atoms with Crippen LogP contribution in [0.4, 0.5) is 0 Å². The molecular formula is C22H25N3O. The molecule has 3 aromatic rings. The molecule has 26 heavy (non-hydrogen) atoms. The van der Waals surface area contributed by atoms with E-state index in [4.69, 9.17) is 0 Å². The second-order valence-corrected chi connectivity index (χ2v) is 7.46. The lowest BCUT2D eigenvalue weighted by atomic mass is 9.75. The van der Waals surface area contributed by atoms with Gasteiger partial charge >= 0.3 is 0 Å². The molecule has 0 unspecified atom stereocenters. The highest BCUT2D eigenvalue weighted by molar-refractivity contribution is 5.98. The van der Waals surface area contributed by atoms with Crippen LogP contribution in [0.15, 0.2) is 54.7 Å². The van der Waals surface area contributed by atoms with Gasteiger partial charge in [0.05, 0.1) is 0 Å². The minimum absolute atomic E-state index is 0.0253. The van der Waals surface area contributed by atoms with Crippen LogP contribution in [0.2, 0.25) is 0 Å². The number of fused-ring (bicyclic) bond motifs is 1. The number of carbonyl (C=O) groups excluding carboxylic acids is 1. The summed E-state index contributed by atoms with van der Waals surface area (Å²) >= 11 is 0. The first-order valence-corrected chi connectivity index (χ1v) is 9.21. The third-order valence-corrected chi connectivity index (χ3v) is 5.56. The first kappa shape index (κ1) is 16.9. The Morgan fingerprint density at radius 1 is 1.15 bits per heavy atom. The molecule has 2 N–H and O–H groups in total. The molecule has 0 aliphatic heterocycles. The van der Waals surface area contributed by atoms with Gasteiger partial charge in [0.2, 0.25) is 0 Å². The lowest BCUT2D eigenvalue weighted by Crippen LogP contribution is -2.39. The van der Waals surface area contributed by atoms with Gasteiger partial charge in [-0.05, 0) is 62.2 Å². The van der Waals surface area contributed by atoms with Crippen molar-refractivity contribution in [2.45, 2.75) is 31.3 Å². The third-order valence-electron chi connectivity index (χ3n) is 5.56. The average molecular weight is 347 g/mol. The van der Waals surface area contributed by atoms with E-state index in [9.17, 15) is 4.79 Å². The summed E-state index contributed by atoms with van der Waals surface area (Å²) in [5, 5.41) is 4.20. The highest BCUT2D eigenvalue weighted by atomic mass is 16.1. The van der Waals surface area contributed by atoms with Gasteiger partial charge in [0.25, 0.3) is 5.91 Å². The molecular weight excluding hydrogens is 322 g/mol. The van der Waals surface area contributed by atoms with Crippen molar-refractivity contribution in [3.63, 3.8) is 0 Å². The van der Waals surface area contributed by atoms with Crippen LogP contribution in [0.5, 0.6) is 0 Å². The second kappa shape index (κ2) is 6.96. The SMILES string of the molecule is CN(C)C1CC(c2c[nH]c3ccc(C(=O)NCc4ccccc4)cc23)C1. The zero-order valence-electron chi connectivity index (χ0n) is 15.3. The summed E-state index contributed by atoms with van der Waals surface area (Å²) in [4.78, 5) is 18.2. The number of benzene rings is 2. The summed E-state index contributed by atoms with van der Waals surface area (Å²) in [5.41, 5.74) is 4.27. The molecule has 1 aliphatic carbocycles. The van der Waals surface area contributed by atoms with Crippen molar-refractivity contribution >= 4 is 16.8 Å². The molecule has 1 aromatic heterocycles. The van der Waals surface area contributed by atoms with Crippen molar-refractivity contribution in [2.24, 2.45) is 0 Å². The number of hydrogen-bond acceptors (Lipinski definition) is 2. The van der Waals surface area contributed by atoms with Gasteiger partial charge in [-0.15, -0.1) is 0 Å². The molecule has 0 bridgehead atoms. The van der Waals surface area contributed by atoms with Crippen molar-refractivity contribution in [1.29, 1.82) is 0 Å². The quantitative estimate of drug-likeness (QED) is 0.735. The van der Waals surface area contributed by atoms with E-state index in [1.54, 1.807) is 0 Å². The van der Waals surface area contributed by atoms with Crippen LogP contribution >= 0.6 is 0 Å². The molecule has 1 heterocycles. The van der Waals surface area contributed by atoms with Gasteiger partial charge < -0.3 is 15.2 Å². The van der Waals surface area contributed by atoms with E-state index in [1.165, 1.54) is 23.8 Å². The minimum atomic E-state index is -0.0253. The predicted molar refractivity (Wildman–Crippen MR) is 105 cm³/mol. The second-order valence-electron chi connectivity index (χ2n) is 7.46. The number of rotatable bonds is 5. The van der Waals surface area contributed by atoms with E-state index in [-0.39, 0.29) is 5.91 Å². The highest BCUT2D eigenvalue weighted by Gasteiger charge is 2.33. The molecule has 134 valence electrons. The van der Waals surface area contributed by atoms with Gasteiger partial charge in [-0.1, -0.05) is 30.3 Å². The Bertz CT molecular complexity index is 908. The van der Waals surface area contributed by atoms with E-state index in [0.717, 1.165) is 16.6 Å². The maximum absolute atomic E-state index is 12.6. The molecule has 0 spiro atoms. The minimum Gasteiger partial charge on any atom is -0.361 e. The molecule has 4 rings (SSSR count). The summed E-state index contributed by atoms with van der Waals surface area (Å²) in [7, 11) is 4.29. The van der Waals surface area contributed by atoms with Gasteiger partial charge in [0, 0.05) is 35.2 Å². The van der Waals surface area contributed by atoms with Gasteiger partial charge in [-0.2, -0.15) is 0 Å². The van der Waals surface area contributed by atoms with Crippen molar-refractivity contribution in [2.75, 3.05) is 14.1 Å². The zero-order valence-corrected chi connectivity index (χ0v) is 15.3. The van der Waals surface area contributed by atoms with Crippen LogP contribution in [-0.4, -0.2) is 35.9 Å². The Morgan fingerprint density at radius 2 is 1.92 bits per heavy atom. The predicted octanol–water partition coefficient (Wildman–Crippen LogP) is 3.91. The van der Waals surface area contributed by atoms with Crippen molar-refractivity contribution < 1.29 is 4.79 Å². The van der Waals surface area contributed by atoms with Crippen LogP contribution < -0.4 is 5.32 Å². The molecule has 0 atom stereocenters. The highest BCUT2D eigenvalue weighted by Crippen LogP contribution is 2.41. The van der Waals surface area contributed by atoms with Crippen LogP contribution in [0.25, 0.3) is 10.9 Å². The lowest BCUT2D eigenvalue weighted by molar-refractivity contribution is 0.0951. The number of aromatic amines is 1. The number of amides is 1. The number of hydrogen-bond donors (Lipinski definition) is 2. The van der Waals surface area contributed by atoms with E-state index in [1.807, 2.05) is 48.5 Å². The summed E-state index contributed by atoms with van der Waals surface area (Å²) in [5.74, 6) is 0.557. The lowest BCUT2D eigenvalue weighted by Gasteiger charge is -2.39. The fraction of sp³-hybridized carbons (Fsp3) is 0.318. The zero-order chi connectivity index (χ0) is 18.1. The molecule has 4 heteroatoms. The number of nitrogens with zero attached hydrogens (tertiary/aromatic N) is 1. The summed E-state index contributed by atoms with van der Waals surface area (Å²) in [6, 6.07) is 16.6. The maximum Gasteiger partial charge on any atom is 0.251 e. The number of carbonyl (C=O) groups is 1. The van der Waals surface area contributed by atoms with Crippen LogP contribution in [0.3, 0.4) is 0 Å². The van der Waals surface area contributed by atoms with Gasteiger partial charge in [-0.3, -0.25) is 4.79 Å². The molecule has 1 aliphatic rings. The molecule has 0 radical (unpaired) electrons. The van der Waals surface area contributed by atoms with Gasteiger partial charge in [0.15, 0.2) is 0 Å². The smallest absolute Gasteiger partial charge is 0.251 e. The van der Waals surface area contributed by atoms with E-state index >= 15 is 0 Å². The standard InChI is InChI=1S/C22H25N3O/c1-25(2)18-10-17(11-18)20-14-23-21-9-8-16(12-19(20)21)22(26)24-13-15-6-4-3-5-7-15/h3-9,12,14,17-18,23H,10-11,13H2,1-2H3,(H,24,26). The largest absolute Gasteiger partial charge is 0.361 e. The van der Waals surface area contributed by atoms with Gasteiger partial charge in [0.1, 0.15) is 0 Å². The maximum atomic E-state index is 12.6. The first-order chi connectivity index (χ1) is 12.6. The summed E-state index contributed by atoms with van der Waals surface area (Å²) < 4.78 is 0. The Labute approximate surface area is 154 Å². The average Bonchev–Trinajstić information content (AvgIpc) is 3.02. The van der Waals surface area contributed by atoms with E-state index in [2.05, 4.69) is 35.5 Å². The Hall–Kier alpha value is -2.59. The van der Waals surface area contributed by atoms with Crippen LogP contribution in [0.1, 0.15) is 40.2 Å². The van der Waals surface area contributed by atoms with Crippen molar-refractivity contribution in [3.05, 3.63) is 71.4 Å². The van der Waals surface area contributed by atoms with E-state index in [0.29, 0.717) is 18.5 Å². The Morgan fingerprint density at radius 3 is 2.65 bits per heavy atom. The molecule has 1 amide bonds. The topological polar surface area (TPSA) is 48.1 Å². The molecule has 1 fully saturated rings. The summed E-state index contributed by atoms with van der Waals surface area (Å²) in [6.45, 7) is 0.546. The monoisotopic (exact) mass is 347 g/mol. The fourth-order valence-electron chi connectivity index (χ4n) is 3.76. The first-order valence-electron chi connectivity index (χ1n) is 9.21. The van der Waals surface area contributed by atoms with Crippen molar-refractivity contribution in [3.8, 4) is 0 Å². The number of aromatic nitrogens is 1. The van der Waals surface area contributed by atoms with Gasteiger partial charge in [-0.25, -0.2) is 0 Å². The van der Waals surface area contributed by atoms with Crippen LogP contribution in [-0.2, 0) is 6.54 Å². The van der Waals surface area contributed by atoms with Crippen LogP contribution in [0, 0.1) is 0 Å². The molecule has 0 saturated heterocycles. The Kier molecular flexibility index (Phi) is 4.51. The number of nitrogens with one attached hydrogen (secondary N) is 2. The molecule has 2 aromatic carbocycles. The van der Waals surface area contributed by atoms with Crippen molar-refractivity contribution in [1.82, 2.24) is 15.2 Å². The Balaban J connectivity index is 1.50. The normalized spacial score (nSPS) is 19.5. The third kappa shape index (κ3) is 3.25. The van der Waals surface area contributed by atoms with E-state index < -0.39 is 0 Å². The molecule has 1 saturated carbocycles. The fourth-order valence-corrected chi connectivity index (χ4v) is 3.76. The number of H-pyrrole nitrogens is 1. The summed E-state index contributed by atoms with van der Waals surface area (Å²) in [6.07, 6.45) is 4.49.